The van der Waals surface area contributed by atoms with Crippen LogP contribution in [0.25, 0.3) is 5.65 Å². The normalized spacial score (nSPS) is 20.3. The van der Waals surface area contributed by atoms with Crippen LogP contribution in [-0.4, -0.2) is 59.7 Å². The smallest absolute Gasteiger partial charge is 0.256 e. The molecule has 194 valence electrons. The Hall–Kier alpha value is -3.17. The molecule has 1 N–H and O–H groups in total. The van der Waals surface area contributed by atoms with Crippen molar-refractivity contribution in [3.63, 3.8) is 0 Å². The number of carbonyl (C=O) groups excluding carboxylic acids is 1. The number of halogens is 1. The van der Waals surface area contributed by atoms with Gasteiger partial charge in [0.1, 0.15) is 5.82 Å². The molecule has 2 fully saturated rings. The molecule has 1 amide bonds. The number of piperidine rings is 1. The number of nitriles is 1. The zero-order valence-corrected chi connectivity index (χ0v) is 23.1. The Bertz CT molecular complexity index is 1510. The van der Waals surface area contributed by atoms with Gasteiger partial charge in [0.2, 0.25) is 10.0 Å². The average molecular weight is 587 g/mol. The monoisotopic (exact) mass is 585 g/mol. The van der Waals surface area contributed by atoms with Crippen molar-refractivity contribution in [3.8, 4) is 6.07 Å². The van der Waals surface area contributed by atoms with Gasteiger partial charge in [0.15, 0.2) is 5.65 Å². The summed E-state index contributed by atoms with van der Waals surface area (Å²) < 4.78 is 28.7. The minimum absolute atomic E-state index is 0.0137. The Labute approximate surface area is 224 Å². The SMILES string of the molecule is Cc1cn2nc(C3CCCCN3C(=O)c3cc(Br)ccc3NS(C)(=O)=O)cc2nc1N1CCC(C#N)C1. The van der Waals surface area contributed by atoms with E-state index in [1.54, 1.807) is 27.6 Å². The number of fused-ring (bicyclic) bond motifs is 1. The molecule has 5 rings (SSSR count). The summed E-state index contributed by atoms with van der Waals surface area (Å²) in [6.45, 7) is 4.00. The summed E-state index contributed by atoms with van der Waals surface area (Å²) in [7, 11) is -3.56. The molecule has 4 heterocycles. The van der Waals surface area contributed by atoms with E-state index in [4.69, 9.17) is 10.1 Å². The van der Waals surface area contributed by atoms with Crippen LogP contribution < -0.4 is 9.62 Å². The van der Waals surface area contributed by atoms with Gasteiger partial charge in [-0.25, -0.2) is 17.9 Å². The highest BCUT2D eigenvalue weighted by Crippen LogP contribution is 2.34. The number of sulfonamides is 1. The van der Waals surface area contributed by atoms with Crippen molar-refractivity contribution in [2.75, 3.05) is 35.5 Å². The van der Waals surface area contributed by atoms with Crippen LogP contribution in [0.3, 0.4) is 0 Å². The van der Waals surface area contributed by atoms with E-state index in [2.05, 4.69) is 31.6 Å². The van der Waals surface area contributed by atoms with E-state index in [1.807, 2.05) is 19.2 Å². The van der Waals surface area contributed by atoms with Crippen LogP contribution in [0.1, 0.15) is 53.3 Å². The fourth-order valence-electron chi connectivity index (χ4n) is 5.18. The Morgan fingerprint density at radius 3 is 2.76 bits per heavy atom. The highest BCUT2D eigenvalue weighted by atomic mass is 79.9. The molecule has 0 radical (unpaired) electrons. The van der Waals surface area contributed by atoms with Gasteiger partial charge in [-0.3, -0.25) is 9.52 Å². The van der Waals surface area contributed by atoms with Crippen LogP contribution in [0.2, 0.25) is 0 Å². The largest absolute Gasteiger partial charge is 0.355 e. The topological polar surface area (TPSA) is 124 Å². The van der Waals surface area contributed by atoms with Crippen LogP contribution in [0.4, 0.5) is 11.5 Å². The van der Waals surface area contributed by atoms with E-state index in [9.17, 15) is 18.5 Å². The Kier molecular flexibility index (Phi) is 6.85. The molecule has 2 aliphatic heterocycles. The van der Waals surface area contributed by atoms with Gasteiger partial charge < -0.3 is 9.80 Å². The van der Waals surface area contributed by atoms with Crippen LogP contribution in [0.5, 0.6) is 0 Å². The minimum atomic E-state index is -3.56. The summed E-state index contributed by atoms with van der Waals surface area (Å²) in [6.07, 6.45) is 6.40. The third kappa shape index (κ3) is 5.29. The second-order valence-corrected chi connectivity index (χ2v) is 12.4. The quantitative estimate of drug-likeness (QED) is 0.481. The van der Waals surface area contributed by atoms with E-state index < -0.39 is 10.0 Å². The number of aromatic nitrogens is 3. The summed E-state index contributed by atoms with van der Waals surface area (Å²) in [5.41, 5.74) is 2.95. The molecule has 0 spiro atoms. The molecule has 2 aliphatic rings. The molecule has 10 nitrogen and oxygen atoms in total. The van der Waals surface area contributed by atoms with Crippen LogP contribution in [0, 0.1) is 24.2 Å². The lowest BCUT2D eigenvalue weighted by Gasteiger charge is -2.35. The van der Waals surface area contributed by atoms with Gasteiger partial charge in [0, 0.05) is 41.9 Å². The summed E-state index contributed by atoms with van der Waals surface area (Å²) in [6, 6.07) is 8.95. The van der Waals surface area contributed by atoms with Crippen LogP contribution >= 0.6 is 15.9 Å². The summed E-state index contributed by atoms with van der Waals surface area (Å²) in [4.78, 5) is 22.6. The Morgan fingerprint density at radius 1 is 1.22 bits per heavy atom. The standard InChI is InChI=1S/C25H28BrN7O3S/c1-16-14-33-23(28-24(16)31-10-8-17(13-27)15-31)12-21(29-33)22-5-3-4-9-32(22)25(34)19-11-18(26)6-7-20(19)30-37(2,35)36/h6-7,11-12,14,17,22,30H,3-5,8-10,15H2,1-2H3. The summed E-state index contributed by atoms with van der Waals surface area (Å²) in [5, 5.41) is 14.1. The maximum atomic E-state index is 13.8. The number of benzene rings is 1. The third-order valence-corrected chi connectivity index (χ3v) is 7.99. The number of carbonyl (C=O) groups is 1. The molecule has 1 aromatic carbocycles. The number of amides is 1. The minimum Gasteiger partial charge on any atom is -0.355 e. The molecule has 0 aliphatic carbocycles. The number of nitrogens with zero attached hydrogens (tertiary/aromatic N) is 6. The van der Waals surface area contributed by atoms with Crippen LogP contribution in [0.15, 0.2) is 34.9 Å². The fraction of sp³-hybridized carbons (Fsp3) is 0.440. The molecule has 2 atom stereocenters. The number of anilines is 2. The first kappa shape index (κ1) is 25.5. The number of likely N-dealkylation sites (tertiary alicyclic amines) is 1. The lowest BCUT2D eigenvalue weighted by molar-refractivity contribution is 0.0606. The van der Waals surface area contributed by atoms with E-state index >= 15 is 0 Å². The summed E-state index contributed by atoms with van der Waals surface area (Å²) in [5.74, 6) is 0.623. The van der Waals surface area contributed by atoms with Crippen molar-refractivity contribution < 1.29 is 13.2 Å². The predicted octanol–water partition coefficient (Wildman–Crippen LogP) is 3.89. The average Bonchev–Trinajstić information content (AvgIpc) is 3.50. The highest BCUT2D eigenvalue weighted by Gasteiger charge is 2.32. The molecule has 0 bridgehead atoms. The second-order valence-electron chi connectivity index (χ2n) is 9.75. The molecule has 2 unspecified atom stereocenters. The Morgan fingerprint density at radius 2 is 2.03 bits per heavy atom. The van der Waals surface area contributed by atoms with Gasteiger partial charge in [-0.1, -0.05) is 15.9 Å². The number of rotatable bonds is 5. The van der Waals surface area contributed by atoms with Gasteiger partial charge >= 0.3 is 0 Å². The molecule has 2 aromatic heterocycles. The number of hydrogen-bond donors (Lipinski definition) is 1. The number of hydrogen-bond acceptors (Lipinski definition) is 7. The van der Waals surface area contributed by atoms with Crippen molar-refractivity contribution in [2.24, 2.45) is 5.92 Å². The van der Waals surface area contributed by atoms with Crippen molar-refractivity contribution >= 4 is 49.0 Å². The van der Waals surface area contributed by atoms with Crippen molar-refractivity contribution in [1.29, 1.82) is 5.26 Å². The lowest BCUT2D eigenvalue weighted by atomic mass is 9.98. The molecular weight excluding hydrogens is 558 g/mol. The maximum Gasteiger partial charge on any atom is 0.256 e. The Balaban J connectivity index is 1.48. The summed E-state index contributed by atoms with van der Waals surface area (Å²) >= 11 is 3.41. The molecule has 2 saturated heterocycles. The molecule has 3 aromatic rings. The maximum absolute atomic E-state index is 13.8. The lowest BCUT2D eigenvalue weighted by Crippen LogP contribution is -2.39. The molecule has 12 heteroatoms. The van der Waals surface area contributed by atoms with Gasteiger partial charge in [-0.15, -0.1) is 0 Å². The van der Waals surface area contributed by atoms with Crippen molar-refractivity contribution in [2.45, 2.75) is 38.6 Å². The third-order valence-electron chi connectivity index (χ3n) is 6.91. The fourth-order valence-corrected chi connectivity index (χ4v) is 6.12. The van der Waals surface area contributed by atoms with Crippen LogP contribution in [-0.2, 0) is 10.0 Å². The van der Waals surface area contributed by atoms with E-state index in [0.717, 1.165) is 55.6 Å². The van der Waals surface area contributed by atoms with Crippen molar-refractivity contribution in [1.82, 2.24) is 19.5 Å². The van der Waals surface area contributed by atoms with Gasteiger partial charge in [0.25, 0.3) is 5.91 Å². The zero-order chi connectivity index (χ0) is 26.3. The van der Waals surface area contributed by atoms with Gasteiger partial charge in [0.05, 0.1) is 41.2 Å². The molecular formula is C25H28BrN7O3S. The van der Waals surface area contributed by atoms with Gasteiger partial charge in [-0.05, 0) is 50.8 Å². The number of aryl methyl sites for hydroxylation is 1. The van der Waals surface area contributed by atoms with Gasteiger partial charge in [-0.2, -0.15) is 10.4 Å². The van der Waals surface area contributed by atoms with E-state index in [1.165, 1.54) is 0 Å². The second kappa shape index (κ2) is 9.95. The first-order valence-electron chi connectivity index (χ1n) is 12.2. The van der Waals surface area contributed by atoms with E-state index in [0.29, 0.717) is 23.2 Å². The molecule has 37 heavy (non-hydrogen) atoms. The predicted molar refractivity (Wildman–Crippen MR) is 144 cm³/mol. The first-order chi connectivity index (χ1) is 17.6. The number of nitrogens with one attached hydrogen (secondary N) is 1. The van der Waals surface area contributed by atoms with Crippen molar-refractivity contribution in [3.05, 3.63) is 51.8 Å². The first-order valence-corrected chi connectivity index (χ1v) is 14.9. The highest BCUT2D eigenvalue weighted by molar-refractivity contribution is 9.10. The van der Waals surface area contributed by atoms with E-state index in [-0.39, 0.29) is 29.1 Å². The zero-order valence-electron chi connectivity index (χ0n) is 20.7. The molecule has 0 saturated carbocycles.